The van der Waals surface area contributed by atoms with Crippen LogP contribution in [0, 0.1) is 6.92 Å². The zero-order chi connectivity index (χ0) is 25.9. The van der Waals surface area contributed by atoms with Crippen LogP contribution < -0.4 is 5.32 Å². The number of benzene rings is 2. The van der Waals surface area contributed by atoms with Crippen LogP contribution in [0.25, 0.3) is 22.2 Å². The molecule has 0 fully saturated rings. The average molecular weight is 515 g/mol. The summed E-state index contributed by atoms with van der Waals surface area (Å²) in [6, 6.07) is 19.3. The minimum Gasteiger partial charge on any atom is -0.462 e. The quantitative estimate of drug-likeness (QED) is 0.228. The van der Waals surface area contributed by atoms with E-state index in [1.807, 2.05) is 72.8 Å². The molecule has 0 radical (unpaired) electrons. The molecule has 9 nitrogen and oxygen atoms in total. The number of aromatic nitrogens is 5. The molecule has 3 aromatic heterocycles. The van der Waals surface area contributed by atoms with Gasteiger partial charge in [0.25, 0.3) is 0 Å². The molecule has 0 bridgehead atoms. The Kier molecular flexibility index (Phi) is 6.91. The summed E-state index contributed by atoms with van der Waals surface area (Å²) in [5.74, 6) is -0.559. The molecule has 0 aliphatic rings. The van der Waals surface area contributed by atoms with Gasteiger partial charge in [0.2, 0.25) is 5.91 Å². The molecule has 3 heterocycles. The molecule has 1 amide bonds. The molecule has 188 valence electrons. The van der Waals surface area contributed by atoms with Crippen LogP contribution in [-0.2, 0) is 9.53 Å². The van der Waals surface area contributed by atoms with Crippen LogP contribution in [0.4, 0.5) is 5.82 Å². The topological polar surface area (TPSA) is 103 Å². The van der Waals surface area contributed by atoms with Crippen LogP contribution in [0.3, 0.4) is 0 Å². The number of nitrogens with zero attached hydrogens (tertiary/aromatic N) is 5. The molecular weight excluding hydrogens is 488 g/mol. The molecule has 5 rings (SSSR count). The highest BCUT2D eigenvalue weighted by atomic mass is 32.2. The number of carbonyl (C=O) groups excluding carboxylic acids is 2. The number of nitrogens with one attached hydrogen (secondary N) is 1. The van der Waals surface area contributed by atoms with E-state index < -0.39 is 11.2 Å². The van der Waals surface area contributed by atoms with E-state index >= 15 is 0 Å². The molecule has 0 aliphatic carbocycles. The van der Waals surface area contributed by atoms with Crippen molar-refractivity contribution >= 4 is 46.0 Å². The molecule has 0 aliphatic heterocycles. The van der Waals surface area contributed by atoms with Gasteiger partial charge in [0.1, 0.15) is 5.56 Å². The van der Waals surface area contributed by atoms with E-state index in [2.05, 4.69) is 26.7 Å². The van der Waals surface area contributed by atoms with E-state index in [4.69, 9.17) is 4.74 Å². The third-order valence-electron chi connectivity index (χ3n) is 5.99. The van der Waals surface area contributed by atoms with Crippen LogP contribution in [0.5, 0.6) is 0 Å². The molecule has 1 atom stereocenters. The second kappa shape index (κ2) is 10.4. The molecule has 5 aromatic rings. The fourth-order valence-corrected chi connectivity index (χ4v) is 5.16. The summed E-state index contributed by atoms with van der Waals surface area (Å²) in [7, 11) is 0. The van der Waals surface area contributed by atoms with Crippen LogP contribution in [0.15, 0.2) is 72.0 Å². The molecule has 1 unspecified atom stereocenters. The minimum atomic E-state index is -0.550. The summed E-state index contributed by atoms with van der Waals surface area (Å²) in [6.45, 7) is 5.92. The lowest BCUT2D eigenvalue weighted by molar-refractivity contribution is -0.115. The molecule has 37 heavy (non-hydrogen) atoms. The lowest BCUT2D eigenvalue weighted by Crippen LogP contribution is -2.27. The van der Waals surface area contributed by atoms with Crippen molar-refractivity contribution < 1.29 is 14.3 Å². The van der Waals surface area contributed by atoms with Gasteiger partial charge in [-0.1, -0.05) is 55.1 Å². The number of anilines is 1. The molecule has 0 saturated carbocycles. The Bertz CT molecular complexity index is 1590. The fraction of sp³-hybridized carbons (Fsp3) is 0.222. The first-order chi connectivity index (χ1) is 18.0. The Morgan fingerprint density at radius 1 is 1.05 bits per heavy atom. The van der Waals surface area contributed by atoms with E-state index in [1.165, 1.54) is 22.6 Å². The van der Waals surface area contributed by atoms with Gasteiger partial charge in [-0.15, -0.1) is 10.2 Å². The zero-order valence-corrected chi connectivity index (χ0v) is 21.5. The van der Waals surface area contributed by atoms with Gasteiger partial charge in [-0.25, -0.2) is 9.48 Å². The first-order valence-corrected chi connectivity index (χ1v) is 12.9. The number of hydrogen-bond acceptors (Lipinski definition) is 7. The maximum absolute atomic E-state index is 13.6. The van der Waals surface area contributed by atoms with Crippen molar-refractivity contribution in [2.75, 3.05) is 11.9 Å². The number of ether oxygens (including phenoxy) is 1. The molecule has 0 saturated heterocycles. The summed E-state index contributed by atoms with van der Waals surface area (Å²) < 4.78 is 8.71. The van der Waals surface area contributed by atoms with E-state index in [-0.39, 0.29) is 23.9 Å². The predicted octanol–water partition coefficient (Wildman–Crippen LogP) is 5.06. The Morgan fingerprint density at radius 2 is 1.81 bits per heavy atom. The van der Waals surface area contributed by atoms with Gasteiger partial charge in [-0.2, -0.15) is 5.10 Å². The van der Waals surface area contributed by atoms with Gasteiger partial charge in [0, 0.05) is 5.39 Å². The first kappa shape index (κ1) is 24.5. The van der Waals surface area contributed by atoms with Gasteiger partial charge in [0.05, 0.1) is 29.3 Å². The van der Waals surface area contributed by atoms with Crippen molar-refractivity contribution in [3.8, 4) is 5.69 Å². The normalized spacial score (nSPS) is 12.1. The maximum atomic E-state index is 13.6. The Hall–Kier alpha value is -4.18. The first-order valence-electron chi connectivity index (χ1n) is 12.0. The summed E-state index contributed by atoms with van der Waals surface area (Å²) in [5, 5.41) is 17.3. The number of rotatable bonds is 8. The average Bonchev–Trinajstić information content (AvgIpc) is 3.52. The van der Waals surface area contributed by atoms with Crippen molar-refractivity contribution in [1.82, 2.24) is 24.4 Å². The highest BCUT2D eigenvalue weighted by Gasteiger charge is 2.27. The van der Waals surface area contributed by atoms with Crippen molar-refractivity contribution in [2.45, 2.75) is 37.6 Å². The van der Waals surface area contributed by atoms with Crippen molar-refractivity contribution in [1.29, 1.82) is 0 Å². The van der Waals surface area contributed by atoms with E-state index in [0.29, 0.717) is 17.3 Å². The van der Waals surface area contributed by atoms with Gasteiger partial charge < -0.3 is 10.1 Å². The third-order valence-corrected chi connectivity index (χ3v) is 7.30. The number of pyridine rings is 1. The highest BCUT2D eigenvalue weighted by molar-refractivity contribution is 8.00. The second-order valence-electron chi connectivity index (χ2n) is 8.40. The SMILES string of the molecule is CCOC(=O)c1cnn(-c2ccccc2)c1NC(=O)C(CC)Sc1nnc2cc(C)c3ccccc3n12. The number of aryl methyl sites for hydroxylation is 1. The van der Waals surface area contributed by atoms with Gasteiger partial charge in [-0.3, -0.25) is 9.20 Å². The smallest absolute Gasteiger partial charge is 0.343 e. The van der Waals surface area contributed by atoms with Crippen molar-refractivity contribution in [2.24, 2.45) is 0 Å². The van der Waals surface area contributed by atoms with Crippen LogP contribution in [-0.4, -0.2) is 48.1 Å². The Morgan fingerprint density at radius 3 is 2.57 bits per heavy atom. The summed E-state index contributed by atoms with van der Waals surface area (Å²) in [4.78, 5) is 26.2. The number of fused-ring (bicyclic) bond motifs is 3. The summed E-state index contributed by atoms with van der Waals surface area (Å²) >= 11 is 1.33. The maximum Gasteiger partial charge on any atom is 0.343 e. The molecule has 2 aromatic carbocycles. The summed E-state index contributed by atoms with van der Waals surface area (Å²) in [5.41, 5.74) is 3.71. The molecule has 1 N–H and O–H groups in total. The second-order valence-corrected chi connectivity index (χ2v) is 9.57. The number of amides is 1. The van der Waals surface area contributed by atoms with Crippen molar-refractivity contribution in [3.63, 3.8) is 0 Å². The Labute approximate surface area is 217 Å². The minimum absolute atomic E-state index is 0.188. The lowest BCUT2D eigenvalue weighted by atomic mass is 10.1. The summed E-state index contributed by atoms with van der Waals surface area (Å²) in [6.07, 6.45) is 1.94. The van der Waals surface area contributed by atoms with E-state index in [0.717, 1.165) is 22.1 Å². The van der Waals surface area contributed by atoms with Crippen molar-refractivity contribution in [3.05, 3.63) is 78.0 Å². The fourth-order valence-electron chi connectivity index (χ4n) is 4.19. The van der Waals surface area contributed by atoms with Gasteiger partial charge >= 0.3 is 5.97 Å². The predicted molar refractivity (Wildman–Crippen MR) is 143 cm³/mol. The van der Waals surface area contributed by atoms with Crippen LogP contribution in [0.2, 0.25) is 0 Å². The number of hydrogen-bond donors (Lipinski definition) is 1. The van der Waals surface area contributed by atoms with E-state index in [9.17, 15) is 9.59 Å². The monoisotopic (exact) mass is 514 g/mol. The molecule has 10 heteroatoms. The van der Waals surface area contributed by atoms with Crippen LogP contribution in [0.1, 0.15) is 36.2 Å². The van der Waals surface area contributed by atoms with Crippen LogP contribution >= 0.6 is 11.8 Å². The molecule has 0 spiro atoms. The third kappa shape index (κ3) is 4.67. The number of esters is 1. The standard InChI is InChI=1S/C27H26N6O3S/c1-4-22(37-27-31-30-23-15-17(3)19-13-9-10-14-21(19)32(23)27)25(34)29-24-20(26(35)36-5-2)16-28-33(24)18-11-7-6-8-12-18/h6-16,22H,4-5H2,1-3H3,(H,29,34). The lowest BCUT2D eigenvalue weighted by Gasteiger charge is -2.16. The highest BCUT2D eigenvalue weighted by Crippen LogP contribution is 2.30. The number of carbonyl (C=O) groups is 2. The molecular formula is C27H26N6O3S. The van der Waals surface area contributed by atoms with Gasteiger partial charge in [0.15, 0.2) is 16.6 Å². The van der Waals surface area contributed by atoms with E-state index in [1.54, 1.807) is 6.92 Å². The number of thioether (sulfide) groups is 1. The van der Waals surface area contributed by atoms with Gasteiger partial charge in [-0.05, 0) is 50.1 Å². The zero-order valence-electron chi connectivity index (χ0n) is 20.7. The largest absolute Gasteiger partial charge is 0.462 e. The Balaban J connectivity index is 1.48. The number of para-hydroxylation sites is 2.